The maximum atomic E-state index is 13.4. The Morgan fingerprint density at radius 1 is 0.841 bits per heavy atom. The molecule has 0 spiro atoms. The van der Waals surface area contributed by atoms with Crippen LogP contribution in [-0.2, 0) is 30.4 Å². The predicted molar refractivity (Wildman–Crippen MR) is 163 cm³/mol. The number of carbonyl (C=O) groups excluding carboxylic acids is 3. The molecule has 1 aromatic carbocycles. The zero-order valence-corrected chi connectivity index (χ0v) is 24.5. The number of nitrogens with two attached hydrogens (primary N) is 4. The van der Waals surface area contributed by atoms with Gasteiger partial charge < -0.3 is 54.1 Å². The normalized spacial score (nSPS) is 13.7. The van der Waals surface area contributed by atoms with Crippen LogP contribution in [0.4, 0.5) is 0 Å². The summed E-state index contributed by atoms with van der Waals surface area (Å²) in [6, 6.07) is 2.37. The Balaban J connectivity index is 2.20. The Kier molecular flexibility index (Phi) is 14.6. The molecule has 0 saturated carbocycles. The van der Waals surface area contributed by atoms with Gasteiger partial charge in [0.1, 0.15) is 18.1 Å². The van der Waals surface area contributed by atoms with E-state index < -0.39 is 60.2 Å². The van der Waals surface area contributed by atoms with Crippen molar-refractivity contribution in [2.45, 2.75) is 75.5 Å². The molecule has 1 heterocycles. The van der Waals surface area contributed by atoms with Gasteiger partial charge >= 0.3 is 11.9 Å². The van der Waals surface area contributed by atoms with E-state index in [2.05, 4.69) is 25.9 Å². The number of aliphatic carboxylic acids is 2. The number of H-pyrrole nitrogens is 1. The molecule has 0 bridgehead atoms. The summed E-state index contributed by atoms with van der Waals surface area (Å²) in [7, 11) is 0. The number of amides is 3. The molecule has 3 amide bonds. The molecule has 4 atom stereocenters. The summed E-state index contributed by atoms with van der Waals surface area (Å²) < 4.78 is 0. The first-order valence-corrected chi connectivity index (χ1v) is 14.3. The van der Waals surface area contributed by atoms with Crippen LogP contribution in [0.25, 0.3) is 10.9 Å². The van der Waals surface area contributed by atoms with Crippen molar-refractivity contribution in [1.29, 1.82) is 0 Å². The van der Waals surface area contributed by atoms with Crippen molar-refractivity contribution >= 4 is 46.5 Å². The number of guanidine groups is 1. The van der Waals surface area contributed by atoms with E-state index in [1.165, 1.54) is 0 Å². The van der Waals surface area contributed by atoms with Crippen LogP contribution in [0, 0.1) is 0 Å². The predicted octanol–water partition coefficient (Wildman–Crippen LogP) is -1.38. The molecule has 2 aromatic rings. The van der Waals surface area contributed by atoms with Crippen LogP contribution >= 0.6 is 0 Å². The Labute approximate surface area is 254 Å². The molecule has 16 heteroatoms. The second-order valence-electron chi connectivity index (χ2n) is 10.4. The van der Waals surface area contributed by atoms with Crippen molar-refractivity contribution in [3.8, 4) is 0 Å². The number of unbranched alkanes of at least 4 members (excludes halogenated alkanes) is 1. The zero-order valence-electron chi connectivity index (χ0n) is 24.5. The highest BCUT2D eigenvalue weighted by Crippen LogP contribution is 2.19. The Bertz CT molecular complexity index is 1310. The molecule has 4 unspecified atom stereocenters. The maximum Gasteiger partial charge on any atom is 0.326 e. The number of fused-ring (bicyclic) bond motifs is 1. The molecule has 0 radical (unpaired) electrons. The number of hydrogen-bond acceptors (Lipinski definition) is 8. The minimum atomic E-state index is -1.42. The van der Waals surface area contributed by atoms with Gasteiger partial charge in [-0.25, -0.2) is 4.79 Å². The molecular formula is C28H43N9O7. The molecule has 1 aromatic heterocycles. The second kappa shape index (κ2) is 18.1. The van der Waals surface area contributed by atoms with Gasteiger partial charge in [-0.3, -0.25) is 24.2 Å². The van der Waals surface area contributed by atoms with Crippen molar-refractivity contribution in [2.24, 2.45) is 27.9 Å². The van der Waals surface area contributed by atoms with Crippen molar-refractivity contribution in [3.05, 3.63) is 36.0 Å². The average Bonchev–Trinajstić information content (AvgIpc) is 3.38. The number of aromatic amines is 1. The van der Waals surface area contributed by atoms with Gasteiger partial charge in [0.25, 0.3) is 0 Å². The summed E-state index contributed by atoms with van der Waals surface area (Å²) in [5, 5.41) is 27.3. The first-order valence-electron chi connectivity index (χ1n) is 14.3. The number of carboxylic acid groups (broad SMARTS) is 2. The van der Waals surface area contributed by atoms with Gasteiger partial charge in [-0.15, -0.1) is 0 Å². The number of nitrogens with zero attached hydrogens (tertiary/aromatic N) is 1. The lowest BCUT2D eigenvalue weighted by Gasteiger charge is -2.25. The van der Waals surface area contributed by atoms with Crippen LogP contribution in [0.2, 0.25) is 0 Å². The van der Waals surface area contributed by atoms with E-state index in [1.807, 2.05) is 18.2 Å². The summed E-state index contributed by atoms with van der Waals surface area (Å²) in [5.41, 5.74) is 23.6. The third kappa shape index (κ3) is 11.9. The quantitative estimate of drug-likeness (QED) is 0.0469. The van der Waals surface area contributed by atoms with Gasteiger partial charge in [0.15, 0.2) is 5.96 Å². The molecule has 0 saturated heterocycles. The summed E-state index contributed by atoms with van der Waals surface area (Å²) in [4.78, 5) is 69.7. The molecule has 0 aliphatic carbocycles. The monoisotopic (exact) mass is 617 g/mol. The van der Waals surface area contributed by atoms with Crippen LogP contribution < -0.4 is 38.9 Å². The van der Waals surface area contributed by atoms with Crippen molar-refractivity contribution < 1.29 is 34.2 Å². The third-order valence-electron chi connectivity index (χ3n) is 6.88. The molecule has 14 N–H and O–H groups in total. The average molecular weight is 618 g/mol. The van der Waals surface area contributed by atoms with Gasteiger partial charge in [-0.05, 0) is 50.3 Å². The molecule has 44 heavy (non-hydrogen) atoms. The smallest absolute Gasteiger partial charge is 0.326 e. The number of para-hydroxylation sites is 1. The number of nitrogens with one attached hydrogen (secondary N) is 4. The standard InChI is InChI=1S/C28H43N9O7/c29-12-4-3-7-18(30)24(40)35-20(9-5-13-33-28(31)32)25(41)36-21(10-11-23(38)39)26(42)37-22(27(43)44)14-16-15-34-19-8-2-1-6-17(16)19/h1-2,6,8,15,18,20-22,34H,3-5,7,9-14,29-30H2,(H,35,40)(H,36,41)(H,37,42)(H,38,39)(H,43,44)(H4,31,32,33). The van der Waals surface area contributed by atoms with Gasteiger partial charge in [0.05, 0.1) is 6.04 Å². The summed E-state index contributed by atoms with van der Waals surface area (Å²) >= 11 is 0. The number of aromatic nitrogens is 1. The number of carboxylic acids is 2. The fourth-order valence-corrected chi connectivity index (χ4v) is 4.49. The van der Waals surface area contributed by atoms with Crippen LogP contribution in [0.15, 0.2) is 35.5 Å². The van der Waals surface area contributed by atoms with E-state index in [0.29, 0.717) is 31.4 Å². The lowest BCUT2D eigenvalue weighted by atomic mass is 10.0. The first kappa shape index (κ1) is 35.5. The summed E-state index contributed by atoms with van der Waals surface area (Å²) in [5.74, 6) is -4.97. The minimum absolute atomic E-state index is 0.0649. The number of carbonyl (C=O) groups is 5. The van der Waals surface area contributed by atoms with Gasteiger partial charge in [-0.1, -0.05) is 24.6 Å². The Morgan fingerprint density at radius 2 is 1.48 bits per heavy atom. The van der Waals surface area contributed by atoms with Crippen molar-refractivity contribution in [2.75, 3.05) is 13.1 Å². The van der Waals surface area contributed by atoms with Gasteiger partial charge in [-0.2, -0.15) is 0 Å². The first-order chi connectivity index (χ1) is 20.9. The number of rotatable bonds is 20. The summed E-state index contributed by atoms with van der Waals surface area (Å²) in [6.45, 7) is 0.593. The van der Waals surface area contributed by atoms with Gasteiger partial charge in [0.2, 0.25) is 17.7 Å². The maximum absolute atomic E-state index is 13.4. The highest BCUT2D eigenvalue weighted by atomic mass is 16.4. The molecule has 0 fully saturated rings. The van der Waals surface area contributed by atoms with E-state index >= 15 is 0 Å². The zero-order chi connectivity index (χ0) is 32.6. The van der Waals surface area contributed by atoms with E-state index in [0.717, 1.165) is 10.9 Å². The lowest BCUT2D eigenvalue weighted by Crippen LogP contribution is -2.57. The van der Waals surface area contributed by atoms with Gasteiger partial charge in [0, 0.05) is 36.5 Å². The fraction of sp³-hybridized carbons (Fsp3) is 0.500. The molecular weight excluding hydrogens is 574 g/mol. The molecule has 242 valence electrons. The van der Waals surface area contributed by atoms with E-state index in [9.17, 15) is 34.2 Å². The molecule has 16 nitrogen and oxygen atoms in total. The number of aliphatic imine (C=N–C) groups is 1. The highest BCUT2D eigenvalue weighted by molar-refractivity contribution is 5.94. The van der Waals surface area contributed by atoms with Crippen molar-refractivity contribution in [1.82, 2.24) is 20.9 Å². The largest absolute Gasteiger partial charge is 0.481 e. The Morgan fingerprint density at radius 3 is 2.11 bits per heavy atom. The van der Waals surface area contributed by atoms with Crippen molar-refractivity contribution in [3.63, 3.8) is 0 Å². The minimum Gasteiger partial charge on any atom is -0.481 e. The second-order valence-corrected chi connectivity index (χ2v) is 10.4. The number of benzene rings is 1. The highest BCUT2D eigenvalue weighted by Gasteiger charge is 2.31. The third-order valence-corrected chi connectivity index (χ3v) is 6.88. The molecule has 0 aliphatic heterocycles. The van der Waals surface area contributed by atoms with Crippen LogP contribution in [0.1, 0.15) is 50.5 Å². The SMILES string of the molecule is NCCCCC(N)C(=O)NC(CCCN=C(N)N)C(=O)NC(CCC(=O)O)C(=O)NC(Cc1c[nH]c2ccccc12)C(=O)O. The van der Waals surface area contributed by atoms with E-state index in [4.69, 9.17) is 22.9 Å². The van der Waals surface area contributed by atoms with Crippen LogP contribution in [0.3, 0.4) is 0 Å². The summed E-state index contributed by atoms with van der Waals surface area (Å²) in [6.07, 6.45) is 2.69. The lowest BCUT2D eigenvalue weighted by molar-refractivity contribution is -0.143. The topological polar surface area (TPSA) is 294 Å². The van der Waals surface area contributed by atoms with Crippen LogP contribution in [-0.4, -0.2) is 88.1 Å². The molecule has 2 rings (SSSR count). The van der Waals surface area contributed by atoms with Crippen LogP contribution in [0.5, 0.6) is 0 Å². The number of hydrogen-bond donors (Lipinski definition) is 10. The van der Waals surface area contributed by atoms with E-state index in [-0.39, 0.29) is 38.2 Å². The van der Waals surface area contributed by atoms with E-state index in [1.54, 1.807) is 12.3 Å². The molecule has 0 aliphatic rings. The fourth-order valence-electron chi connectivity index (χ4n) is 4.49. The Hall–Kier alpha value is -4.70.